The molecule has 0 aromatic heterocycles. The van der Waals surface area contributed by atoms with Crippen LogP contribution >= 0.6 is 12.6 Å². The van der Waals surface area contributed by atoms with Crippen molar-refractivity contribution < 1.29 is 9.53 Å². The van der Waals surface area contributed by atoms with E-state index in [2.05, 4.69) is 47.8 Å². The standard InChI is InChI=1S/C26H30N2O2S/c1-30-23-10-7-19(8-11-23)17-26(29)28(18-24-25(31)12-14-27-24)15-13-20-6-9-21-4-2-3-5-22(21)16-20/h2-11,16,24-25,27,31H,12-15,17-18H2,1H3/t24-,25-/m0/s1. The van der Waals surface area contributed by atoms with Gasteiger partial charge in [-0.25, -0.2) is 0 Å². The fraction of sp³-hybridized carbons (Fsp3) is 0.346. The van der Waals surface area contributed by atoms with Gasteiger partial charge >= 0.3 is 0 Å². The van der Waals surface area contributed by atoms with Crippen molar-refractivity contribution in [2.75, 3.05) is 26.7 Å². The number of carbonyl (C=O) groups excluding carboxylic acids is 1. The molecule has 1 heterocycles. The van der Waals surface area contributed by atoms with Gasteiger partial charge in [0, 0.05) is 24.4 Å². The van der Waals surface area contributed by atoms with Crippen LogP contribution < -0.4 is 10.1 Å². The number of methoxy groups -OCH3 is 1. The molecule has 2 atom stereocenters. The molecule has 1 aliphatic rings. The minimum atomic E-state index is 0.153. The number of benzene rings is 3. The normalized spacial score (nSPS) is 18.3. The first-order valence-corrected chi connectivity index (χ1v) is 11.4. The molecule has 1 fully saturated rings. The van der Waals surface area contributed by atoms with Crippen molar-refractivity contribution >= 4 is 29.3 Å². The maximum atomic E-state index is 13.2. The van der Waals surface area contributed by atoms with Crippen molar-refractivity contribution in [1.82, 2.24) is 10.2 Å². The number of amides is 1. The average molecular weight is 435 g/mol. The van der Waals surface area contributed by atoms with Gasteiger partial charge in [0.25, 0.3) is 0 Å². The lowest BCUT2D eigenvalue weighted by Crippen LogP contribution is -2.45. The van der Waals surface area contributed by atoms with E-state index < -0.39 is 0 Å². The van der Waals surface area contributed by atoms with Crippen molar-refractivity contribution in [2.45, 2.75) is 30.6 Å². The van der Waals surface area contributed by atoms with Crippen LogP contribution in [-0.4, -0.2) is 48.8 Å². The first-order valence-electron chi connectivity index (χ1n) is 10.9. The smallest absolute Gasteiger partial charge is 0.227 e. The Morgan fingerprint density at radius 1 is 1.06 bits per heavy atom. The van der Waals surface area contributed by atoms with Crippen LogP contribution in [0.15, 0.2) is 66.7 Å². The fourth-order valence-electron chi connectivity index (χ4n) is 4.18. The molecule has 1 saturated heterocycles. The molecule has 0 saturated carbocycles. The Morgan fingerprint density at radius 2 is 1.81 bits per heavy atom. The quantitative estimate of drug-likeness (QED) is 0.524. The number of ether oxygens (including phenoxy) is 1. The van der Waals surface area contributed by atoms with Crippen LogP contribution in [0.25, 0.3) is 10.8 Å². The molecule has 0 radical (unpaired) electrons. The average Bonchev–Trinajstić information content (AvgIpc) is 3.21. The molecule has 0 unspecified atom stereocenters. The van der Waals surface area contributed by atoms with Crippen molar-refractivity contribution in [1.29, 1.82) is 0 Å². The summed E-state index contributed by atoms with van der Waals surface area (Å²) < 4.78 is 5.23. The summed E-state index contributed by atoms with van der Waals surface area (Å²) >= 11 is 4.72. The van der Waals surface area contributed by atoms with Gasteiger partial charge in [0.05, 0.1) is 13.5 Å². The molecule has 1 N–H and O–H groups in total. The van der Waals surface area contributed by atoms with Gasteiger partial charge in [-0.2, -0.15) is 12.6 Å². The highest BCUT2D eigenvalue weighted by molar-refractivity contribution is 7.81. The van der Waals surface area contributed by atoms with Crippen molar-refractivity contribution in [3.8, 4) is 5.75 Å². The van der Waals surface area contributed by atoms with Crippen LogP contribution in [0.4, 0.5) is 0 Å². The van der Waals surface area contributed by atoms with E-state index in [1.165, 1.54) is 16.3 Å². The Labute approximate surface area is 190 Å². The highest BCUT2D eigenvalue weighted by Crippen LogP contribution is 2.19. The second-order valence-electron chi connectivity index (χ2n) is 8.21. The molecular weight excluding hydrogens is 404 g/mol. The molecule has 0 spiro atoms. The van der Waals surface area contributed by atoms with E-state index in [9.17, 15) is 4.79 Å². The first kappa shape index (κ1) is 21.7. The molecule has 4 nitrogen and oxygen atoms in total. The third kappa shape index (κ3) is 5.60. The SMILES string of the molecule is COc1ccc(CC(=O)N(CCc2ccc3ccccc3c2)C[C@@H]2NCC[C@@H]2S)cc1. The van der Waals surface area contributed by atoms with E-state index in [4.69, 9.17) is 17.4 Å². The summed E-state index contributed by atoms with van der Waals surface area (Å²) in [5.41, 5.74) is 2.26. The Kier molecular flexibility index (Phi) is 7.15. The molecular formula is C26H30N2O2S. The van der Waals surface area contributed by atoms with E-state index in [1.54, 1.807) is 7.11 Å². The molecule has 1 amide bonds. The van der Waals surface area contributed by atoms with Crippen molar-refractivity contribution in [3.63, 3.8) is 0 Å². The number of carbonyl (C=O) groups is 1. The number of hydrogen-bond acceptors (Lipinski definition) is 4. The Bertz CT molecular complexity index is 1020. The summed E-state index contributed by atoms with van der Waals surface area (Å²) in [6, 6.07) is 22.9. The molecule has 0 bridgehead atoms. The molecule has 5 heteroatoms. The van der Waals surface area contributed by atoms with Gasteiger partial charge in [-0.1, -0.05) is 54.6 Å². The third-order valence-electron chi connectivity index (χ3n) is 6.08. The van der Waals surface area contributed by atoms with E-state index in [-0.39, 0.29) is 17.2 Å². The second-order valence-corrected chi connectivity index (χ2v) is 8.88. The minimum absolute atomic E-state index is 0.153. The van der Waals surface area contributed by atoms with Gasteiger partial charge in [0.2, 0.25) is 5.91 Å². The third-order valence-corrected chi connectivity index (χ3v) is 6.70. The highest BCUT2D eigenvalue weighted by atomic mass is 32.1. The number of rotatable bonds is 8. The van der Waals surface area contributed by atoms with Gasteiger partial charge < -0.3 is 15.0 Å². The van der Waals surface area contributed by atoms with Crippen LogP contribution in [-0.2, 0) is 17.6 Å². The van der Waals surface area contributed by atoms with E-state index in [0.29, 0.717) is 19.5 Å². The summed E-state index contributed by atoms with van der Waals surface area (Å²) in [5.74, 6) is 0.956. The predicted molar refractivity (Wildman–Crippen MR) is 130 cm³/mol. The lowest BCUT2D eigenvalue weighted by atomic mass is 10.0. The van der Waals surface area contributed by atoms with E-state index in [1.807, 2.05) is 29.2 Å². The highest BCUT2D eigenvalue weighted by Gasteiger charge is 2.27. The minimum Gasteiger partial charge on any atom is -0.497 e. The largest absolute Gasteiger partial charge is 0.497 e. The topological polar surface area (TPSA) is 41.6 Å². The Balaban J connectivity index is 1.46. The van der Waals surface area contributed by atoms with Gasteiger partial charge in [-0.3, -0.25) is 4.79 Å². The molecule has 1 aliphatic heterocycles. The number of hydrogen-bond donors (Lipinski definition) is 2. The maximum absolute atomic E-state index is 13.2. The number of thiol groups is 1. The lowest BCUT2D eigenvalue weighted by Gasteiger charge is -2.28. The molecule has 31 heavy (non-hydrogen) atoms. The first-order chi connectivity index (χ1) is 15.1. The zero-order valence-electron chi connectivity index (χ0n) is 18.0. The predicted octanol–water partition coefficient (Wildman–Crippen LogP) is 4.12. The second kappa shape index (κ2) is 10.2. The van der Waals surface area contributed by atoms with E-state index in [0.717, 1.165) is 30.7 Å². The zero-order chi connectivity index (χ0) is 21.6. The number of nitrogens with zero attached hydrogens (tertiary/aromatic N) is 1. The number of nitrogens with one attached hydrogen (secondary N) is 1. The van der Waals surface area contributed by atoms with Crippen LogP contribution in [0.1, 0.15) is 17.5 Å². The van der Waals surface area contributed by atoms with Crippen LogP contribution in [0.5, 0.6) is 5.75 Å². The van der Waals surface area contributed by atoms with E-state index >= 15 is 0 Å². The number of fused-ring (bicyclic) bond motifs is 1. The maximum Gasteiger partial charge on any atom is 0.227 e. The summed E-state index contributed by atoms with van der Waals surface area (Å²) in [6.45, 7) is 2.35. The zero-order valence-corrected chi connectivity index (χ0v) is 18.9. The van der Waals surface area contributed by atoms with Gasteiger partial charge in [-0.05, 0) is 53.4 Å². The van der Waals surface area contributed by atoms with Gasteiger partial charge in [0.15, 0.2) is 0 Å². The summed E-state index contributed by atoms with van der Waals surface area (Å²) in [6.07, 6.45) is 2.27. The monoisotopic (exact) mass is 434 g/mol. The molecule has 0 aliphatic carbocycles. The van der Waals surface area contributed by atoms with Crippen LogP contribution in [0.2, 0.25) is 0 Å². The fourth-order valence-corrected chi connectivity index (χ4v) is 4.51. The molecule has 3 aromatic rings. The summed E-state index contributed by atoms with van der Waals surface area (Å²) in [5, 5.41) is 6.28. The van der Waals surface area contributed by atoms with Gasteiger partial charge in [-0.15, -0.1) is 0 Å². The molecule has 162 valence electrons. The van der Waals surface area contributed by atoms with Crippen molar-refractivity contribution in [3.05, 3.63) is 77.9 Å². The summed E-state index contributed by atoms with van der Waals surface area (Å²) in [7, 11) is 1.65. The van der Waals surface area contributed by atoms with Gasteiger partial charge in [0.1, 0.15) is 5.75 Å². The van der Waals surface area contributed by atoms with Crippen LogP contribution in [0, 0.1) is 0 Å². The molecule has 3 aromatic carbocycles. The lowest BCUT2D eigenvalue weighted by molar-refractivity contribution is -0.130. The summed E-state index contributed by atoms with van der Waals surface area (Å²) in [4.78, 5) is 15.2. The Hall–Kier alpha value is -2.50. The van der Waals surface area contributed by atoms with Crippen LogP contribution in [0.3, 0.4) is 0 Å². The van der Waals surface area contributed by atoms with Crippen molar-refractivity contribution in [2.24, 2.45) is 0 Å². The molecule has 4 rings (SSSR count). The Morgan fingerprint density at radius 3 is 2.52 bits per heavy atom.